The number of esters is 1. The summed E-state index contributed by atoms with van der Waals surface area (Å²) in [5, 5.41) is 0. The Morgan fingerprint density at radius 3 is 2.69 bits per heavy atom. The number of aryl methyl sites for hydroxylation is 1. The Bertz CT molecular complexity index is 347. The first kappa shape index (κ1) is 9.38. The molecule has 0 aliphatic carbocycles. The van der Waals surface area contributed by atoms with Crippen LogP contribution in [-0.4, -0.2) is 24.3 Å². The van der Waals surface area contributed by atoms with Crippen molar-refractivity contribution in [2.45, 2.75) is 6.92 Å². The van der Waals surface area contributed by atoms with E-state index in [9.17, 15) is 9.59 Å². The number of carbonyl (C=O) groups is 2. The average Bonchev–Trinajstić information content (AvgIpc) is 2.16. The highest BCUT2D eigenvalue weighted by atomic mass is 16.5. The molecule has 0 atom stereocenters. The van der Waals surface area contributed by atoms with E-state index in [-0.39, 0.29) is 0 Å². The highest BCUT2D eigenvalue weighted by molar-refractivity contribution is 5.91. The largest absolute Gasteiger partial charge is 0.465 e. The number of hydrogen-bond donors (Lipinski definition) is 0. The van der Waals surface area contributed by atoms with Crippen molar-refractivity contribution in [2.75, 3.05) is 7.11 Å². The molecule has 13 heavy (non-hydrogen) atoms. The van der Waals surface area contributed by atoms with Crippen LogP contribution < -0.4 is 0 Å². The van der Waals surface area contributed by atoms with Crippen LogP contribution in [-0.2, 0) is 4.74 Å². The van der Waals surface area contributed by atoms with Crippen LogP contribution in [0.5, 0.6) is 0 Å². The van der Waals surface area contributed by atoms with E-state index in [1.54, 1.807) is 6.92 Å². The maximum atomic E-state index is 11.1. The Balaban J connectivity index is 3.12. The first-order chi connectivity index (χ1) is 6.19. The Morgan fingerprint density at radius 1 is 1.54 bits per heavy atom. The molecule has 0 aliphatic rings. The highest BCUT2D eigenvalue weighted by Gasteiger charge is 2.09. The third-order valence-corrected chi connectivity index (χ3v) is 1.63. The Kier molecular flexibility index (Phi) is 2.74. The summed E-state index contributed by atoms with van der Waals surface area (Å²) >= 11 is 0. The third-order valence-electron chi connectivity index (χ3n) is 1.63. The zero-order valence-electron chi connectivity index (χ0n) is 7.40. The van der Waals surface area contributed by atoms with Gasteiger partial charge in [0.1, 0.15) is 5.69 Å². The number of methoxy groups -OCH3 is 1. The first-order valence-electron chi connectivity index (χ1n) is 3.70. The van der Waals surface area contributed by atoms with E-state index in [4.69, 9.17) is 0 Å². The van der Waals surface area contributed by atoms with Gasteiger partial charge in [0.05, 0.1) is 18.4 Å². The fourth-order valence-corrected chi connectivity index (χ4v) is 0.972. The topological polar surface area (TPSA) is 56.3 Å². The van der Waals surface area contributed by atoms with Gasteiger partial charge < -0.3 is 4.74 Å². The SMILES string of the molecule is COC(=O)c1ccc(C=O)nc1C. The van der Waals surface area contributed by atoms with Crippen molar-refractivity contribution >= 4 is 12.3 Å². The third kappa shape index (κ3) is 1.90. The standard InChI is InChI=1S/C9H9NO3/c1-6-8(9(12)13-2)4-3-7(5-11)10-6/h3-5H,1-2H3. The van der Waals surface area contributed by atoms with Crippen molar-refractivity contribution in [1.82, 2.24) is 4.98 Å². The highest BCUT2D eigenvalue weighted by Crippen LogP contribution is 2.06. The molecule has 0 aromatic carbocycles. The van der Waals surface area contributed by atoms with Crippen LogP contribution in [0.4, 0.5) is 0 Å². The van der Waals surface area contributed by atoms with Gasteiger partial charge >= 0.3 is 5.97 Å². The van der Waals surface area contributed by atoms with E-state index in [0.29, 0.717) is 23.2 Å². The fraction of sp³-hybridized carbons (Fsp3) is 0.222. The maximum Gasteiger partial charge on any atom is 0.339 e. The smallest absolute Gasteiger partial charge is 0.339 e. The van der Waals surface area contributed by atoms with Crippen molar-refractivity contribution in [2.24, 2.45) is 0 Å². The minimum Gasteiger partial charge on any atom is -0.465 e. The molecular formula is C9H9NO3. The summed E-state index contributed by atoms with van der Waals surface area (Å²) < 4.78 is 4.52. The molecule has 1 aromatic heterocycles. The summed E-state index contributed by atoms with van der Waals surface area (Å²) in [7, 11) is 1.30. The molecule has 1 rings (SSSR count). The Hall–Kier alpha value is -1.71. The summed E-state index contributed by atoms with van der Waals surface area (Å²) in [5.74, 6) is -0.442. The molecular weight excluding hydrogens is 170 g/mol. The lowest BCUT2D eigenvalue weighted by molar-refractivity contribution is 0.0599. The molecule has 0 spiro atoms. The predicted molar refractivity (Wildman–Crippen MR) is 45.7 cm³/mol. The van der Waals surface area contributed by atoms with Crippen molar-refractivity contribution < 1.29 is 14.3 Å². The van der Waals surface area contributed by atoms with Crippen LogP contribution >= 0.6 is 0 Å². The van der Waals surface area contributed by atoms with Gasteiger partial charge in [0.15, 0.2) is 6.29 Å². The van der Waals surface area contributed by atoms with E-state index in [1.165, 1.54) is 19.2 Å². The number of aldehydes is 1. The molecule has 0 saturated carbocycles. The molecule has 1 aromatic rings. The summed E-state index contributed by atoms with van der Waals surface area (Å²) in [6.45, 7) is 1.65. The normalized spacial score (nSPS) is 9.38. The van der Waals surface area contributed by atoms with E-state index in [0.717, 1.165) is 0 Å². The number of pyridine rings is 1. The number of aromatic nitrogens is 1. The van der Waals surface area contributed by atoms with Gasteiger partial charge in [-0.05, 0) is 19.1 Å². The second kappa shape index (κ2) is 3.80. The Morgan fingerprint density at radius 2 is 2.23 bits per heavy atom. The second-order valence-electron chi connectivity index (χ2n) is 2.48. The minimum atomic E-state index is -0.442. The first-order valence-corrected chi connectivity index (χ1v) is 3.70. The Labute approximate surface area is 75.5 Å². The second-order valence-corrected chi connectivity index (χ2v) is 2.48. The molecule has 0 bridgehead atoms. The predicted octanol–water partition coefficient (Wildman–Crippen LogP) is 0.989. The number of nitrogens with zero attached hydrogens (tertiary/aromatic N) is 1. The monoisotopic (exact) mass is 179 g/mol. The van der Waals surface area contributed by atoms with Crippen molar-refractivity contribution in [3.8, 4) is 0 Å². The van der Waals surface area contributed by atoms with Gasteiger partial charge in [0.2, 0.25) is 0 Å². The van der Waals surface area contributed by atoms with Crippen LogP contribution in [0.15, 0.2) is 12.1 Å². The number of rotatable bonds is 2. The quantitative estimate of drug-likeness (QED) is 0.501. The summed E-state index contributed by atoms with van der Waals surface area (Å²) in [6.07, 6.45) is 0.633. The molecule has 0 radical (unpaired) electrons. The van der Waals surface area contributed by atoms with Gasteiger partial charge in [0.25, 0.3) is 0 Å². The molecule has 0 aliphatic heterocycles. The van der Waals surface area contributed by atoms with Crippen LogP contribution in [0.3, 0.4) is 0 Å². The van der Waals surface area contributed by atoms with Crippen LogP contribution in [0.25, 0.3) is 0 Å². The average molecular weight is 179 g/mol. The minimum absolute atomic E-state index is 0.310. The van der Waals surface area contributed by atoms with E-state index in [1.807, 2.05) is 0 Å². The van der Waals surface area contributed by atoms with Gasteiger partial charge in [0, 0.05) is 0 Å². The van der Waals surface area contributed by atoms with Crippen LogP contribution in [0, 0.1) is 6.92 Å². The molecule has 0 fully saturated rings. The maximum absolute atomic E-state index is 11.1. The van der Waals surface area contributed by atoms with Crippen molar-refractivity contribution in [3.05, 3.63) is 29.1 Å². The van der Waals surface area contributed by atoms with Gasteiger partial charge in [-0.25, -0.2) is 9.78 Å². The number of hydrogen-bond acceptors (Lipinski definition) is 4. The number of carbonyl (C=O) groups excluding carboxylic acids is 2. The molecule has 0 N–H and O–H groups in total. The molecule has 4 heteroatoms. The summed E-state index contributed by atoms with van der Waals surface area (Å²) in [6, 6.07) is 3.00. The summed E-state index contributed by atoms with van der Waals surface area (Å²) in [4.78, 5) is 25.3. The lowest BCUT2D eigenvalue weighted by Gasteiger charge is -2.02. The molecule has 68 valence electrons. The van der Waals surface area contributed by atoms with Crippen LogP contribution in [0.1, 0.15) is 26.5 Å². The van der Waals surface area contributed by atoms with Crippen molar-refractivity contribution in [1.29, 1.82) is 0 Å². The van der Waals surface area contributed by atoms with Crippen LogP contribution in [0.2, 0.25) is 0 Å². The molecule has 1 heterocycles. The van der Waals surface area contributed by atoms with Gasteiger partial charge in [-0.2, -0.15) is 0 Å². The molecule has 0 saturated heterocycles. The van der Waals surface area contributed by atoms with Crippen molar-refractivity contribution in [3.63, 3.8) is 0 Å². The lowest BCUT2D eigenvalue weighted by atomic mass is 10.2. The van der Waals surface area contributed by atoms with E-state index >= 15 is 0 Å². The van der Waals surface area contributed by atoms with E-state index < -0.39 is 5.97 Å². The van der Waals surface area contributed by atoms with Gasteiger partial charge in [-0.15, -0.1) is 0 Å². The van der Waals surface area contributed by atoms with Gasteiger partial charge in [-0.3, -0.25) is 4.79 Å². The zero-order valence-corrected chi connectivity index (χ0v) is 7.40. The molecule has 0 amide bonds. The zero-order chi connectivity index (χ0) is 9.84. The lowest BCUT2D eigenvalue weighted by Crippen LogP contribution is -2.06. The van der Waals surface area contributed by atoms with Gasteiger partial charge in [-0.1, -0.05) is 0 Å². The van der Waals surface area contributed by atoms with E-state index in [2.05, 4.69) is 9.72 Å². The fourth-order valence-electron chi connectivity index (χ4n) is 0.972. The number of ether oxygens (including phenoxy) is 1. The molecule has 0 unspecified atom stereocenters. The molecule has 4 nitrogen and oxygen atoms in total. The summed E-state index contributed by atoms with van der Waals surface area (Å²) in [5.41, 5.74) is 1.19.